The van der Waals surface area contributed by atoms with Gasteiger partial charge in [-0.25, -0.2) is 19.3 Å². The number of hydrogen-bond acceptors (Lipinski definition) is 8. The molecule has 5 aromatic rings. The maximum atomic E-state index is 13.2. The van der Waals surface area contributed by atoms with Gasteiger partial charge in [-0.05, 0) is 55.0 Å². The van der Waals surface area contributed by atoms with Crippen molar-refractivity contribution in [2.24, 2.45) is 0 Å². The predicted molar refractivity (Wildman–Crippen MR) is 139 cm³/mol. The van der Waals surface area contributed by atoms with Crippen LogP contribution in [0.4, 0.5) is 16.0 Å². The molecule has 4 N–H and O–H groups in total. The molecule has 0 saturated heterocycles. The zero-order valence-electron chi connectivity index (χ0n) is 19.3. The van der Waals surface area contributed by atoms with E-state index >= 15 is 0 Å². The minimum absolute atomic E-state index is 0.269. The summed E-state index contributed by atoms with van der Waals surface area (Å²) in [6.07, 6.45) is 4.74. The van der Waals surface area contributed by atoms with Gasteiger partial charge in [0.2, 0.25) is 0 Å². The third-order valence-electron chi connectivity index (χ3n) is 5.67. The van der Waals surface area contributed by atoms with Crippen LogP contribution in [0.25, 0.3) is 21.5 Å². The van der Waals surface area contributed by atoms with Crippen molar-refractivity contribution in [2.45, 2.75) is 19.5 Å². The fraction of sp³-hybridized carbons (Fsp3) is 0.115. The fourth-order valence-corrected chi connectivity index (χ4v) is 4.65. The second kappa shape index (κ2) is 10.0. The van der Waals surface area contributed by atoms with Crippen molar-refractivity contribution in [2.75, 3.05) is 11.1 Å². The maximum absolute atomic E-state index is 13.2. The van der Waals surface area contributed by atoms with E-state index in [9.17, 15) is 9.18 Å². The summed E-state index contributed by atoms with van der Waals surface area (Å²) >= 11 is 1.58. The van der Waals surface area contributed by atoms with E-state index in [0.717, 1.165) is 26.4 Å². The number of benzene rings is 1. The van der Waals surface area contributed by atoms with Crippen LogP contribution in [0.1, 0.15) is 33.8 Å². The highest BCUT2D eigenvalue weighted by molar-refractivity contribution is 7.15. The van der Waals surface area contributed by atoms with E-state index in [-0.39, 0.29) is 17.8 Å². The van der Waals surface area contributed by atoms with Gasteiger partial charge in [0, 0.05) is 16.5 Å². The molecule has 1 amide bonds. The molecule has 0 aliphatic rings. The van der Waals surface area contributed by atoms with E-state index < -0.39 is 0 Å². The zero-order chi connectivity index (χ0) is 25.1. The summed E-state index contributed by atoms with van der Waals surface area (Å²) in [5, 5.41) is 6.97. The lowest BCUT2D eigenvalue weighted by Crippen LogP contribution is -2.27. The number of anilines is 2. The monoisotopic (exact) mass is 499 g/mol. The van der Waals surface area contributed by atoms with E-state index in [4.69, 9.17) is 5.73 Å². The molecular formula is C26H22FN7OS. The lowest BCUT2D eigenvalue weighted by atomic mass is 10.1. The van der Waals surface area contributed by atoms with E-state index in [0.29, 0.717) is 29.3 Å². The lowest BCUT2D eigenvalue weighted by Gasteiger charge is -2.16. The van der Waals surface area contributed by atoms with Crippen LogP contribution in [0.3, 0.4) is 0 Å². The number of pyridine rings is 2. The summed E-state index contributed by atoms with van der Waals surface area (Å²) in [5.74, 6) is 0.304. The minimum Gasteiger partial charge on any atom is -0.383 e. The number of carbonyl (C=O) groups is 1. The highest BCUT2D eigenvalue weighted by atomic mass is 32.1. The molecule has 5 rings (SSSR count). The summed E-state index contributed by atoms with van der Waals surface area (Å²) in [7, 11) is 0. The van der Waals surface area contributed by atoms with Gasteiger partial charge in [-0.3, -0.25) is 9.78 Å². The fourth-order valence-electron chi connectivity index (χ4n) is 3.73. The molecule has 0 radical (unpaired) electrons. The number of nitrogens with two attached hydrogens (primary N) is 1. The van der Waals surface area contributed by atoms with Crippen molar-refractivity contribution in [1.82, 2.24) is 25.3 Å². The number of carbonyl (C=O) groups excluding carboxylic acids is 1. The Kier molecular flexibility index (Phi) is 6.50. The number of aromatic nitrogens is 4. The Balaban J connectivity index is 1.28. The average molecular weight is 500 g/mol. The number of nitrogens with one attached hydrogen (secondary N) is 2. The van der Waals surface area contributed by atoms with Crippen LogP contribution in [0.15, 0.2) is 73.3 Å². The number of halogens is 1. The van der Waals surface area contributed by atoms with Gasteiger partial charge in [-0.1, -0.05) is 12.1 Å². The van der Waals surface area contributed by atoms with Crippen LogP contribution in [-0.4, -0.2) is 25.8 Å². The first-order valence-electron chi connectivity index (χ1n) is 11.2. The number of hydrogen-bond donors (Lipinski definition) is 3. The second-order valence-corrected chi connectivity index (χ2v) is 9.28. The van der Waals surface area contributed by atoms with Gasteiger partial charge in [0.05, 0.1) is 40.4 Å². The lowest BCUT2D eigenvalue weighted by molar-refractivity contribution is 0.0940. The van der Waals surface area contributed by atoms with Crippen molar-refractivity contribution in [3.63, 3.8) is 0 Å². The Morgan fingerprint density at radius 2 is 1.92 bits per heavy atom. The zero-order valence-corrected chi connectivity index (χ0v) is 20.1. The van der Waals surface area contributed by atoms with Crippen molar-refractivity contribution < 1.29 is 9.18 Å². The van der Waals surface area contributed by atoms with Crippen molar-refractivity contribution >= 4 is 39.8 Å². The minimum atomic E-state index is -0.317. The third-order valence-corrected chi connectivity index (χ3v) is 6.77. The van der Waals surface area contributed by atoms with Gasteiger partial charge in [0.25, 0.3) is 5.91 Å². The van der Waals surface area contributed by atoms with E-state index in [1.54, 1.807) is 48.0 Å². The van der Waals surface area contributed by atoms with Crippen LogP contribution in [0, 0.1) is 5.82 Å². The first kappa shape index (κ1) is 23.3. The highest BCUT2D eigenvalue weighted by Crippen LogP contribution is 2.30. The Morgan fingerprint density at radius 1 is 1.08 bits per heavy atom. The molecule has 0 fully saturated rings. The van der Waals surface area contributed by atoms with Gasteiger partial charge in [-0.15, -0.1) is 11.3 Å². The van der Waals surface area contributed by atoms with E-state index in [1.807, 2.05) is 25.1 Å². The molecule has 0 bridgehead atoms. The first-order chi connectivity index (χ1) is 17.5. The van der Waals surface area contributed by atoms with Gasteiger partial charge in [0.1, 0.15) is 23.8 Å². The number of thiophene rings is 1. The third kappa shape index (κ3) is 4.98. The van der Waals surface area contributed by atoms with Crippen LogP contribution in [0.2, 0.25) is 0 Å². The molecule has 10 heteroatoms. The van der Waals surface area contributed by atoms with Crippen molar-refractivity contribution in [3.8, 4) is 10.6 Å². The SMILES string of the molecule is CC(NC(=O)c1cccnc1NCc1ccc(-c2cc3c(N)ncnc3cn2)s1)c1ccc(F)cc1. The molecule has 180 valence electrons. The molecule has 1 atom stereocenters. The molecule has 0 spiro atoms. The molecule has 1 unspecified atom stereocenters. The van der Waals surface area contributed by atoms with Crippen LogP contribution in [-0.2, 0) is 6.54 Å². The Hall–Kier alpha value is -4.44. The topological polar surface area (TPSA) is 119 Å². The Labute approximate surface area is 210 Å². The summed E-state index contributed by atoms with van der Waals surface area (Å²) in [5.41, 5.74) is 8.70. The molecule has 1 aromatic carbocycles. The highest BCUT2D eigenvalue weighted by Gasteiger charge is 2.16. The molecular weight excluding hydrogens is 477 g/mol. The molecule has 0 aliphatic heterocycles. The van der Waals surface area contributed by atoms with Crippen LogP contribution >= 0.6 is 11.3 Å². The smallest absolute Gasteiger partial charge is 0.255 e. The normalized spacial score (nSPS) is 11.8. The number of amides is 1. The summed E-state index contributed by atoms with van der Waals surface area (Å²) in [6, 6.07) is 15.1. The molecule has 0 saturated carbocycles. The van der Waals surface area contributed by atoms with Crippen LogP contribution < -0.4 is 16.4 Å². The van der Waals surface area contributed by atoms with Gasteiger partial charge >= 0.3 is 0 Å². The van der Waals surface area contributed by atoms with Crippen molar-refractivity contribution in [1.29, 1.82) is 0 Å². The molecule has 8 nitrogen and oxygen atoms in total. The molecule has 0 aliphatic carbocycles. The van der Waals surface area contributed by atoms with E-state index in [1.165, 1.54) is 18.5 Å². The van der Waals surface area contributed by atoms with Gasteiger partial charge in [-0.2, -0.15) is 0 Å². The Bertz CT molecular complexity index is 1540. The molecule has 36 heavy (non-hydrogen) atoms. The van der Waals surface area contributed by atoms with Gasteiger partial charge < -0.3 is 16.4 Å². The average Bonchev–Trinajstić information content (AvgIpc) is 3.37. The Morgan fingerprint density at radius 3 is 2.75 bits per heavy atom. The number of fused-ring (bicyclic) bond motifs is 1. The first-order valence-corrected chi connectivity index (χ1v) is 12.0. The predicted octanol–water partition coefficient (Wildman–Crippen LogP) is 4.97. The van der Waals surface area contributed by atoms with Gasteiger partial charge in [0.15, 0.2) is 0 Å². The summed E-state index contributed by atoms with van der Waals surface area (Å²) in [6.45, 7) is 2.33. The van der Waals surface area contributed by atoms with E-state index in [2.05, 4.69) is 30.6 Å². The van der Waals surface area contributed by atoms with Crippen molar-refractivity contribution in [3.05, 3.63) is 95.1 Å². The number of nitrogens with zero attached hydrogens (tertiary/aromatic N) is 4. The number of rotatable bonds is 7. The quantitative estimate of drug-likeness (QED) is 0.289. The second-order valence-electron chi connectivity index (χ2n) is 8.11. The largest absolute Gasteiger partial charge is 0.383 e. The maximum Gasteiger partial charge on any atom is 0.255 e. The van der Waals surface area contributed by atoms with Crippen LogP contribution in [0.5, 0.6) is 0 Å². The summed E-state index contributed by atoms with van der Waals surface area (Å²) in [4.78, 5) is 32.1. The number of nitrogen functional groups attached to an aromatic ring is 1. The molecule has 4 heterocycles. The summed E-state index contributed by atoms with van der Waals surface area (Å²) < 4.78 is 13.2. The molecule has 4 aromatic heterocycles. The standard InChI is InChI=1S/C26H22FN7OS/c1-15(16-4-6-17(27)7-5-16)34-26(35)19-3-2-10-29-25(19)31-12-18-8-9-23(36-18)21-11-20-22(13-30-21)32-14-33-24(20)28/h2-11,13-15H,12H2,1H3,(H,29,31)(H,34,35)(H2,28,32,33).